The number of thioether (sulfide) groups is 1. The van der Waals surface area contributed by atoms with Crippen LogP contribution in [0.25, 0.3) is 6.08 Å². The van der Waals surface area contributed by atoms with Crippen LogP contribution in [0.3, 0.4) is 0 Å². The summed E-state index contributed by atoms with van der Waals surface area (Å²) in [6.45, 7) is 3.50. The van der Waals surface area contributed by atoms with Crippen molar-refractivity contribution in [1.29, 1.82) is 0 Å². The van der Waals surface area contributed by atoms with E-state index in [0.717, 1.165) is 4.90 Å². The summed E-state index contributed by atoms with van der Waals surface area (Å²) in [6.07, 6.45) is 1.67. The van der Waals surface area contributed by atoms with E-state index < -0.39 is 23.2 Å². The van der Waals surface area contributed by atoms with E-state index in [2.05, 4.69) is 0 Å². The van der Waals surface area contributed by atoms with Gasteiger partial charge in [-0.15, -0.1) is 0 Å². The molecule has 1 aliphatic heterocycles. The zero-order valence-corrected chi connectivity index (χ0v) is 14.0. The van der Waals surface area contributed by atoms with Crippen molar-refractivity contribution < 1.29 is 29.3 Å². The van der Waals surface area contributed by atoms with E-state index in [1.807, 2.05) is 0 Å². The monoisotopic (exact) mass is 351 g/mol. The molecule has 1 aromatic rings. The Bertz CT molecular complexity index is 715. The summed E-state index contributed by atoms with van der Waals surface area (Å²) in [4.78, 5) is 37.6. The van der Waals surface area contributed by atoms with Crippen LogP contribution in [0.15, 0.2) is 23.1 Å². The van der Waals surface area contributed by atoms with E-state index in [0.29, 0.717) is 17.3 Å². The molecule has 1 saturated heterocycles. The number of ether oxygens (including phenoxy) is 1. The van der Waals surface area contributed by atoms with Crippen molar-refractivity contribution in [2.75, 3.05) is 6.61 Å². The van der Waals surface area contributed by atoms with Crippen LogP contribution in [-0.2, 0) is 14.3 Å². The topological polar surface area (TPSA) is 104 Å². The fourth-order valence-corrected chi connectivity index (χ4v) is 3.10. The van der Waals surface area contributed by atoms with Gasteiger partial charge in [-0.05, 0) is 48.9 Å². The van der Waals surface area contributed by atoms with Gasteiger partial charge in [0.2, 0.25) is 0 Å². The number of carbonyl (C=O) groups excluding carboxylic acids is 3. The highest BCUT2D eigenvalue weighted by atomic mass is 32.2. The lowest BCUT2D eigenvalue weighted by atomic mass is 10.1. The van der Waals surface area contributed by atoms with Gasteiger partial charge in [0.15, 0.2) is 11.5 Å². The molecule has 2 amide bonds. The summed E-state index contributed by atoms with van der Waals surface area (Å²) in [5.74, 6) is -1.82. The molecule has 128 valence electrons. The Morgan fingerprint density at radius 3 is 2.58 bits per heavy atom. The summed E-state index contributed by atoms with van der Waals surface area (Å²) in [6, 6.07) is 3.08. The first-order chi connectivity index (χ1) is 11.4. The van der Waals surface area contributed by atoms with Crippen molar-refractivity contribution in [2.45, 2.75) is 26.3 Å². The van der Waals surface area contributed by atoms with Crippen molar-refractivity contribution in [3.05, 3.63) is 28.7 Å². The zero-order valence-electron chi connectivity index (χ0n) is 13.2. The fraction of sp³-hybridized carbons (Fsp3) is 0.312. The summed E-state index contributed by atoms with van der Waals surface area (Å²) in [5.41, 5.74) is 0.444. The first kappa shape index (κ1) is 17.9. The minimum Gasteiger partial charge on any atom is -0.504 e. The van der Waals surface area contributed by atoms with Crippen LogP contribution in [0.4, 0.5) is 4.79 Å². The third-order valence-corrected chi connectivity index (χ3v) is 4.26. The molecule has 1 aliphatic rings. The standard InChI is InChI=1S/C16H17NO6S/c1-3-10(15(21)23-4-2)17-14(20)13(24-16(17)22)8-9-5-6-11(18)12(19)7-9/h5-8,10,18-19H,3-4H2,1-2H3/b13-8-. The molecule has 1 heterocycles. The second-order valence-corrected chi connectivity index (χ2v) is 5.97. The molecule has 0 radical (unpaired) electrons. The molecule has 1 unspecified atom stereocenters. The lowest BCUT2D eigenvalue weighted by Gasteiger charge is -2.21. The Morgan fingerprint density at radius 2 is 2.00 bits per heavy atom. The molecule has 2 rings (SSSR count). The Balaban J connectivity index is 2.28. The lowest BCUT2D eigenvalue weighted by molar-refractivity contribution is -0.151. The maximum absolute atomic E-state index is 12.5. The largest absolute Gasteiger partial charge is 0.504 e. The van der Waals surface area contributed by atoms with E-state index in [-0.39, 0.29) is 29.4 Å². The van der Waals surface area contributed by atoms with Crippen LogP contribution in [0.5, 0.6) is 11.5 Å². The second kappa shape index (κ2) is 7.39. The highest BCUT2D eigenvalue weighted by molar-refractivity contribution is 8.18. The number of rotatable bonds is 5. The number of nitrogens with zero attached hydrogens (tertiary/aromatic N) is 1. The van der Waals surface area contributed by atoms with Gasteiger partial charge in [-0.25, -0.2) is 4.79 Å². The van der Waals surface area contributed by atoms with E-state index in [1.54, 1.807) is 13.8 Å². The number of hydrogen-bond donors (Lipinski definition) is 2. The van der Waals surface area contributed by atoms with Crippen LogP contribution >= 0.6 is 11.8 Å². The molecule has 0 saturated carbocycles. The number of phenols is 2. The highest BCUT2D eigenvalue weighted by Gasteiger charge is 2.42. The van der Waals surface area contributed by atoms with Crippen molar-refractivity contribution >= 4 is 35.0 Å². The summed E-state index contributed by atoms with van der Waals surface area (Å²) < 4.78 is 4.91. The van der Waals surface area contributed by atoms with Gasteiger partial charge in [-0.3, -0.25) is 14.5 Å². The number of phenolic OH excluding ortho intramolecular Hbond substituents is 2. The van der Waals surface area contributed by atoms with Crippen LogP contribution in [0.1, 0.15) is 25.8 Å². The number of carbonyl (C=O) groups is 3. The van der Waals surface area contributed by atoms with Crippen molar-refractivity contribution in [2.24, 2.45) is 0 Å². The first-order valence-electron chi connectivity index (χ1n) is 7.34. The number of benzene rings is 1. The Hall–Kier alpha value is -2.48. The minimum absolute atomic E-state index is 0.132. The van der Waals surface area contributed by atoms with Gasteiger partial charge in [0.1, 0.15) is 6.04 Å². The molecule has 7 nitrogen and oxygen atoms in total. The van der Waals surface area contributed by atoms with E-state index in [9.17, 15) is 24.6 Å². The maximum atomic E-state index is 12.5. The molecule has 0 bridgehead atoms. The number of esters is 1. The SMILES string of the molecule is CCOC(=O)C(CC)N1C(=O)S/C(=C\c2ccc(O)c(O)c2)C1=O. The first-order valence-corrected chi connectivity index (χ1v) is 8.16. The van der Waals surface area contributed by atoms with E-state index in [4.69, 9.17) is 4.74 Å². The highest BCUT2D eigenvalue weighted by Crippen LogP contribution is 2.35. The summed E-state index contributed by atoms with van der Waals surface area (Å²) in [5, 5.41) is 18.2. The minimum atomic E-state index is -0.962. The quantitative estimate of drug-likeness (QED) is 0.477. The van der Waals surface area contributed by atoms with Gasteiger partial charge >= 0.3 is 5.97 Å². The molecule has 0 aliphatic carbocycles. The van der Waals surface area contributed by atoms with Gasteiger partial charge in [-0.2, -0.15) is 0 Å². The van der Waals surface area contributed by atoms with Crippen LogP contribution in [0.2, 0.25) is 0 Å². The average Bonchev–Trinajstić information content (AvgIpc) is 2.80. The molecule has 8 heteroatoms. The Kier molecular flexibility index (Phi) is 5.50. The fourth-order valence-electron chi connectivity index (χ4n) is 2.22. The average molecular weight is 351 g/mol. The maximum Gasteiger partial charge on any atom is 0.329 e. The smallest absolute Gasteiger partial charge is 0.329 e. The summed E-state index contributed by atoms with van der Waals surface area (Å²) in [7, 11) is 0. The van der Waals surface area contributed by atoms with Gasteiger partial charge in [0, 0.05) is 0 Å². The molecular formula is C16H17NO6S. The van der Waals surface area contributed by atoms with Crippen molar-refractivity contribution in [3.63, 3.8) is 0 Å². The number of imide groups is 1. The number of aromatic hydroxyl groups is 2. The molecule has 1 atom stereocenters. The molecule has 1 fully saturated rings. The van der Waals surface area contributed by atoms with Crippen LogP contribution < -0.4 is 0 Å². The zero-order chi connectivity index (χ0) is 17.9. The predicted octanol–water partition coefficient (Wildman–Crippen LogP) is 2.48. The van der Waals surface area contributed by atoms with Gasteiger partial charge in [0.25, 0.3) is 11.1 Å². The third kappa shape index (κ3) is 3.53. The summed E-state index contributed by atoms with van der Waals surface area (Å²) >= 11 is 0.713. The van der Waals surface area contributed by atoms with Crippen LogP contribution in [0, 0.1) is 0 Å². The van der Waals surface area contributed by atoms with Crippen molar-refractivity contribution in [3.8, 4) is 11.5 Å². The molecule has 0 spiro atoms. The van der Waals surface area contributed by atoms with Crippen molar-refractivity contribution in [1.82, 2.24) is 4.90 Å². The Labute approximate surface area is 142 Å². The second-order valence-electron chi connectivity index (χ2n) is 4.98. The van der Waals surface area contributed by atoms with Gasteiger partial charge in [0.05, 0.1) is 11.5 Å². The number of hydrogen-bond acceptors (Lipinski definition) is 7. The molecule has 0 aromatic heterocycles. The third-order valence-electron chi connectivity index (χ3n) is 3.38. The lowest BCUT2D eigenvalue weighted by Crippen LogP contribution is -2.44. The van der Waals surface area contributed by atoms with E-state index >= 15 is 0 Å². The van der Waals surface area contributed by atoms with E-state index in [1.165, 1.54) is 24.3 Å². The molecule has 24 heavy (non-hydrogen) atoms. The Morgan fingerprint density at radius 1 is 1.29 bits per heavy atom. The van der Waals surface area contributed by atoms with Gasteiger partial charge < -0.3 is 14.9 Å². The molecule has 2 N–H and O–H groups in total. The normalized spacial score (nSPS) is 17.4. The van der Waals surface area contributed by atoms with Gasteiger partial charge in [-0.1, -0.05) is 13.0 Å². The predicted molar refractivity (Wildman–Crippen MR) is 88.3 cm³/mol. The molecule has 1 aromatic carbocycles. The number of amides is 2. The molecular weight excluding hydrogens is 334 g/mol. The van der Waals surface area contributed by atoms with Crippen LogP contribution in [-0.4, -0.2) is 44.9 Å².